The first-order chi connectivity index (χ1) is 9.37. The number of carbonyl (C=O) groups is 2. The molecule has 5 heteroatoms. The highest BCUT2D eigenvalue weighted by Crippen LogP contribution is 2.24. The van der Waals surface area contributed by atoms with Gasteiger partial charge in [0.1, 0.15) is 0 Å². The topological polar surface area (TPSA) is 66.4 Å². The fraction of sp³-hybridized carbons (Fsp3) is 0.467. The summed E-state index contributed by atoms with van der Waals surface area (Å²) in [5, 5.41) is 12.0. The van der Waals surface area contributed by atoms with Crippen molar-refractivity contribution in [2.75, 3.05) is 17.3 Å². The maximum Gasteiger partial charge on any atom is 0.313 e. The number of aliphatic carboxylic acids is 1. The number of anilines is 1. The minimum Gasteiger partial charge on any atom is -0.481 e. The molecule has 110 valence electrons. The highest BCUT2D eigenvalue weighted by molar-refractivity contribution is 7.98. The van der Waals surface area contributed by atoms with E-state index in [4.69, 9.17) is 5.11 Å². The van der Waals surface area contributed by atoms with Gasteiger partial charge in [0.25, 0.3) is 0 Å². The molecule has 4 nitrogen and oxygen atoms in total. The number of hydrogen-bond donors (Lipinski definition) is 2. The van der Waals surface area contributed by atoms with Gasteiger partial charge in [0.15, 0.2) is 0 Å². The minimum atomic E-state index is -0.930. The zero-order valence-corrected chi connectivity index (χ0v) is 12.9. The molecule has 0 saturated heterocycles. The second-order valence-corrected chi connectivity index (χ2v) is 6.14. The molecule has 0 aliphatic carbocycles. The van der Waals surface area contributed by atoms with Crippen LogP contribution in [0.3, 0.4) is 0 Å². The molecule has 0 aliphatic heterocycles. The number of nitrogens with one attached hydrogen (secondary N) is 1. The Morgan fingerprint density at radius 1 is 1.25 bits per heavy atom. The second-order valence-electron chi connectivity index (χ2n) is 5.15. The fourth-order valence-corrected chi connectivity index (χ4v) is 2.13. The lowest BCUT2D eigenvalue weighted by atomic mass is 9.85. The standard InChI is InChI=1S/C15H21NO3S/c1-15(2,14(18)19)11-6-8-12(9-7-11)16-13(17)5-4-10-20-3/h6-9H,4-5,10H2,1-3H3,(H,16,17)(H,18,19). The van der Waals surface area contributed by atoms with Gasteiger partial charge in [-0.15, -0.1) is 0 Å². The molecule has 0 spiro atoms. The number of rotatable bonds is 7. The Kier molecular flexibility index (Phi) is 6.07. The summed E-state index contributed by atoms with van der Waals surface area (Å²) >= 11 is 1.72. The van der Waals surface area contributed by atoms with Crippen LogP contribution < -0.4 is 5.32 Å². The van der Waals surface area contributed by atoms with E-state index in [0.717, 1.165) is 12.2 Å². The minimum absolute atomic E-state index is 0.00991. The van der Waals surface area contributed by atoms with E-state index < -0.39 is 11.4 Å². The van der Waals surface area contributed by atoms with Crippen LogP contribution in [0.5, 0.6) is 0 Å². The van der Waals surface area contributed by atoms with Crippen LogP contribution in [0.2, 0.25) is 0 Å². The van der Waals surface area contributed by atoms with Crippen LogP contribution >= 0.6 is 11.8 Å². The van der Waals surface area contributed by atoms with Gasteiger partial charge in [-0.3, -0.25) is 9.59 Å². The molecule has 0 aromatic heterocycles. The SMILES string of the molecule is CSCCCC(=O)Nc1ccc(C(C)(C)C(=O)O)cc1. The molecule has 0 saturated carbocycles. The van der Waals surface area contributed by atoms with Crippen LogP contribution in [0.4, 0.5) is 5.69 Å². The van der Waals surface area contributed by atoms with E-state index in [1.165, 1.54) is 0 Å². The summed E-state index contributed by atoms with van der Waals surface area (Å²) in [4.78, 5) is 22.8. The summed E-state index contributed by atoms with van der Waals surface area (Å²) in [6.07, 6.45) is 3.38. The summed E-state index contributed by atoms with van der Waals surface area (Å²) in [6.45, 7) is 3.32. The zero-order chi connectivity index (χ0) is 15.2. The van der Waals surface area contributed by atoms with E-state index in [0.29, 0.717) is 17.7 Å². The van der Waals surface area contributed by atoms with E-state index in [2.05, 4.69) is 5.32 Å². The van der Waals surface area contributed by atoms with Crippen molar-refractivity contribution < 1.29 is 14.7 Å². The molecular weight excluding hydrogens is 274 g/mol. The molecule has 0 fully saturated rings. The first-order valence-corrected chi connectivity index (χ1v) is 7.90. The number of carboxylic acids is 1. The van der Waals surface area contributed by atoms with Gasteiger partial charge in [0, 0.05) is 12.1 Å². The Bertz CT molecular complexity index is 469. The van der Waals surface area contributed by atoms with E-state index in [1.807, 2.05) is 6.26 Å². The molecule has 1 rings (SSSR count). The van der Waals surface area contributed by atoms with Gasteiger partial charge in [-0.2, -0.15) is 11.8 Å². The summed E-state index contributed by atoms with van der Waals surface area (Å²) in [5.41, 5.74) is 0.482. The molecule has 0 heterocycles. The summed E-state index contributed by atoms with van der Waals surface area (Å²) in [5.74, 6) is 0.0924. The number of carbonyl (C=O) groups excluding carboxylic acids is 1. The van der Waals surface area contributed by atoms with E-state index >= 15 is 0 Å². The number of benzene rings is 1. The lowest BCUT2D eigenvalue weighted by Gasteiger charge is -2.19. The monoisotopic (exact) mass is 295 g/mol. The maximum atomic E-state index is 11.7. The number of thioether (sulfide) groups is 1. The van der Waals surface area contributed by atoms with Crippen molar-refractivity contribution in [1.29, 1.82) is 0 Å². The molecule has 1 aromatic rings. The van der Waals surface area contributed by atoms with Crippen molar-refractivity contribution in [3.05, 3.63) is 29.8 Å². The Hall–Kier alpha value is -1.49. The van der Waals surface area contributed by atoms with Crippen molar-refractivity contribution in [1.82, 2.24) is 0 Å². The highest BCUT2D eigenvalue weighted by Gasteiger charge is 2.29. The van der Waals surface area contributed by atoms with E-state index in [1.54, 1.807) is 49.9 Å². The predicted octanol–water partition coefficient (Wildman–Crippen LogP) is 3.13. The van der Waals surface area contributed by atoms with E-state index in [-0.39, 0.29) is 5.91 Å². The van der Waals surface area contributed by atoms with Crippen LogP contribution in [-0.4, -0.2) is 29.0 Å². The third kappa shape index (κ3) is 4.56. The third-order valence-corrected chi connectivity index (χ3v) is 3.87. The summed E-state index contributed by atoms with van der Waals surface area (Å²) < 4.78 is 0. The highest BCUT2D eigenvalue weighted by atomic mass is 32.2. The maximum absolute atomic E-state index is 11.7. The first kappa shape index (κ1) is 16.6. The quantitative estimate of drug-likeness (QED) is 0.758. The molecule has 0 atom stereocenters. The van der Waals surface area contributed by atoms with Gasteiger partial charge in [-0.25, -0.2) is 0 Å². The van der Waals surface area contributed by atoms with Crippen molar-refractivity contribution >= 4 is 29.3 Å². The van der Waals surface area contributed by atoms with Crippen LogP contribution in [0.1, 0.15) is 32.3 Å². The van der Waals surface area contributed by atoms with Crippen molar-refractivity contribution in [2.45, 2.75) is 32.1 Å². The van der Waals surface area contributed by atoms with Crippen molar-refractivity contribution in [2.24, 2.45) is 0 Å². The molecule has 20 heavy (non-hydrogen) atoms. The molecule has 0 radical (unpaired) electrons. The average Bonchev–Trinajstić information content (AvgIpc) is 2.39. The molecule has 2 N–H and O–H groups in total. The molecule has 1 aromatic carbocycles. The molecular formula is C15H21NO3S. The average molecular weight is 295 g/mol. The van der Waals surface area contributed by atoms with Crippen LogP contribution in [-0.2, 0) is 15.0 Å². The number of carboxylic acid groups (broad SMARTS) is 1. The van der Waals surface area contributed by atoms with Crippen LogP contribution in [0, 0.1) is 0 Å². The van der Waals surface area contributed by atoms with Gasteiger partial charge in [0.2, 0.25) is 5.91 Å². The first-order valence-electron chi connectivity index (χ1n) is 6.50. The fourth-order valence-electron chi connectivity index (χ4n) is 1.69. The number of amides is 1. The van der Waals surface area contributed by atoms with Gasteiger partial charge >= 0.3 is 5.97 Å². The normalized spacial score (nSPS) is 11.2. The lowest BCUT2D eigenvalue weighted by molar-refractivity contribution is -0.142. The Morgan fingerprint density at radius 2 is 1.85 bits per heavy atom. The molecule has 0 aliphatic rings. The predicted molar refractivity (Wildman–Crippen MR) is 83.3 cm³/mol. The van der Waals surface area contributed by atoms with Crippen molar-refractivity contribution in [3.8, 4) is 0 Å². The third-order valence-electron chi connectivity index (χ3n) is 3.18. The molecule has 1 amide bonds. The Balaban J connectivity index is 2.63. The Labute approximate surface area is 124 Å². The summed E-state index contributed by atoms with van der Waals surface area (Å²) in [6, 6.07) is 6.97. The van der Waals surface area contributed by atoms with Gasteiger partial charge in [0.05, 0.1) is 5.41 Å². The van der Waals surface area contributed by atoms with Gasteiger partial charge < -0.3 is 10.4 Å². The van der Waals surface area contributed by atoms with Gasteiger partial charge in [-0.1, -0.05) is 12.1 Å². The second kappa shape index (κ2) is 7.33. The molecule has 0 bridgehead atoms. The molecule has 0 unspecified atom stereocenters. The number of hydrogen-bond acceptors (Lipinski definition) is 3. The largest absolute Gasteiger partial charge is 0.481 e. The summed E-state index contributed by atoms with van der Waals surface area (Å²) in [7, 11) is 0. The zero-order valence-electron chi connectivity index (χ0n) is 12.1. The Morgan fingerprint density at radius 3 is 2.35 bits per heavy atom. The van der Waals surface area contributed by atoms with E-state index in [9.17, 15) is 9.59 Å². The smallest absolute Gasteiger partial charge is 0.313 e. The lowest BCUT2D eigenvalue weighted by Crippen LogP contribution is -2.28. The van der Waals surface area contributed by atoms with Gasteiger partial charge in [-0.05, 0) is 50.0 Å². The van der Waals surface area contributed by atoms with Crippen LogP contribution in [0.15, 0.2) is 24.3 Å². The van der Waals surface area contributed by atoms with Crippen LogP contribution in [0.25, 0.3) is 0 Å². The van der Waals surface area contributed by atoms with Crippen molar-refractivity contribution in [3.63, 3.8) is 0 Å².